The lowest BCUT2D eigenvalue weighted by atomic mass is 10.3. The lowest BCUT2D eigenvalue weighted by molar-refractivity contribution is 0.0123. The van der Waals surface area contributed by atoms with Crippen LogP contribution >= 0.6 is 0 Å². The van der Waals surface area contributed by atoms with E-state index < -0.39 is 6.10 Å². The third kappa shape index (κ3) is 5.00. The van der Waals surface area contributed by atoms with E-state index in [4.69, 9.17) is 15.2 Å². The van der Waals surface area contributed by atoms with Crippen LogP contribution in [0.4, 0.5) is 5.69 Å². The van der Waals surface area contributed by atoms with E-state index in [1.165, 1.54) is 0 Å². The smallest absolute Gasteiger partial charge is 0.119 e. The van der Waals surface area contributed by atoms with Crippen molar-refractivity contribution in [2.45, 2.75) is 19.4 Å². The van der Waals surface area contributed by atoms with Gasteiger partial charge in [0.15, 0.2) is 0 Å². The van der Waals surface area contributed by atoms with Crippen molar-refractivity contribution < 1.29 is 14.6 Å². The minimum Gasteiger partial charge on any atom is -0.491 e. The normalized spacial score (nSPS) is 12.4. The van der Waals surface area contributed by atoms with E-state index in [9.17, 15) is 5.11 Å². The number of benzene rings is 1. The lowest BCUT2D eigenvalue weighted by Gasteiger charge is -2.12. The molecule has 4 heteroatoms. The van der Waals surface area contributed by atoms with E-state index in [0.29, 0.717) is 24.7 Å². The first kappa shape index (κ1) is 12.8. The Hall–Kier alpha value is -1.26. The minimum atomic E-state index is -0.593. The van der Waals surface area contributed by atoms with E-state index in [2.05, 4.69) is 0 Å². The van der Waals surface area contributed by atoms with Crippen molar-refractivity contribution in [3.8, 4) is 5.75 Å². The van der Waals surface area contributed by atoms with Crippen LogP contribution in [0, 0.1) is 0 Å². The molecule has 0 aromatic heterocycles. The predicted molar refractivity (Wildman–Crippen MR) is 63.5 cm³/mol. The van der Waals surface area contributed by atoms with Gasteiger partial charge in [-0.3, -0.25) is 0 Å². The van der Waals surface area contributed by atoms with Gasteiger partial charge in [0.25, 0.3) is 0 Å². The predicted octanol–water partition coefficient (Wildman–Crippen LogP) is 1.44. The summed E-state index contributed by atoms with van der Waals surface area (Å²) in [6.45, 7) is 3.23. The Morgan fingerprint density at radius 2 is 1.94 bits per heavy atom. The second kappa shape index (κ2) is 7.09. The molecule has 1 aromatic rings. The Morgan fingerprint density at radius 1 is 1.25 bits per heavy atom. The molecule has 0 aliphatic heterocycles. The fraction of sp³-hybridized carbons (Fsp3) is 0.500. The molecule has 0 radical (unpaired) electrons. The molecule has 0 saturated carbocycles. The highest BCUT2D eigenvalue weighted by Gasteiger charge is 2.04. The van der Waals surface area contributed by atoms with Crippen molar-refractivity contribution >= 4 is 5.69 Å². The monoisotopic (exact) mass is 225 g/mol. The molecule has 0 saturated heterocycles. The zero-order chi connectivity index (χ0) is 11.8. The first-order valence-electron chi connectivity index (χ1n) is 5.46. The number of anilines is 1. The zero-order valence-electron chi connectivity index (χ0n) is 9.56. The quantitative estimate of drug-likeness (QED) is 0.544. The molecule has 3 N–H and O–H groups in total. The molecule has 0 amide bonds. The highest BCUT2D eigenvalue weighted by Crippen LogP contribution is 2.13. The van der Waals surface area contributed by atoms with Crippen molar-refractivity contribution in [1.29, 1.82) is 0 Å². The third-order valence-electron chi connectivity index (χ3n) is 1.98. The van der Waals surface area contributed by atoms with Crippen LogP contribution in [0.25, 0.3) is 0 Å². The lowest BCUT2D eigenvalue weighted by Crippen LogP contribution is -2.23. The average molecular weight is 225 g/mol. The van der Waals surface area contributed by atoms with Crippen LogP contribution in [0.1, 0.15) is 13.3 Å². The van der Waals surface area contributed by atoms with Gasteiger partial charge in [-0.05, 0) is 30.7 Å². The fourth-order valence-corrected chi connectivity index (χ4v) is 1.17. The van der Waals surface area contributed by atoms with E-state index in [1.54, 1.807) is 24.3 Å². The minimum absolute atomic E-state index is 0.230. The van der Waals surface area contributed by atoms with E-state index >= 15 is 0 Å². The highest BCUT2D eigenvalue weighted by molar-refractivity contribution is 5.41. The maximum Gasteiger partial charge on any atom is 0.119 e. The number of hydrogen-bond acceptors (Lipinski definition) is 4. The van der Waals surface area contributed by atoms with Gasteiger partial charge >= 0.3 is 0 Å². The molecule has 0 aliphatic carbocycles. The van der Waals surface area contributed by atoms with Crippen molar-refractivity contribution in [2.24, 2.45) is 0 Å². The summed E-state index contributed by atoms with van der Waals surface area (Å²) in [5.41, 5.74) is 6.23. The van der Waals surface area contributed by atoms with Gasteiger partial charge in [0.05, 0.1) is 6.61 Å². The van der Waals surface area contributed by atoms with Gasteiger partial charge in [-0.1, -0.05) is 6.92 Å². The van der Waals surface area contributed by atoms with Gasteiger partial charge in [-0.2, -0.15) is 0 Å². The van der Waals surface area contributed by atoms with Gasteiger partial charge in [0, 0.05) is 12.3 Å². The molecule has 1 unspecified atom stereocenters. The molecule has 1 atom stereocenters. The van der Waals surface area contributed by atoms with Gasteiger partial charge in [0.1, 0.15) is 18.5 Å². The maximum absolute atomic E-state index is 9.52. The Kier molecular flexibility index (Phi) is 5.67. The Bertz CT molecular complexity index is 287. The Morgan fingerprint density at radius 3 is 2.56 bits per heavy atom. The van der Waals surface area contributed by atoms with Crippen LogP contribution in [0.2, 0.25) is 0 Å². The number of nitrogens with two attached hydrogens (primary N) is 1. The van der Waals surface area contributed by atoms with Crippen LogP contribution in [-0.4, -0.2) is 31.0 Å². The summed E-state index contributed by atoms with van der Waals surface area (Å²) in [5, 5.41) is 9.52. The SMILES string of the molecule is CCCOCC(O)COc1ccc(N)cc1. The number of ether oxygens (including phenoxy) is 2. The van der Waals surface area contributed by atoms with Gasteiger partial charge in [-0.25, -0.2) is 0 Å². The van der Waals surface area contributed by atoms with E-state index in [-0.39, 0.29) is 6.61 Å². The van der Waals surface area contributed by atoms with E-state index in [0.717, 1.165) is 6.42 Å². The van der Waals surface area contributed by atoms with Crippen LogP contribution in [0.15, 0.2) is 24.3 Å². The topological polar surface area (TPSA) is 64.7 Å². The maximum atomic E-state index is 9.52. The third-order valence-corrected chi connectivity index (χ3v) is 1.98. The number of nitrogen functional groups attached to an aromatic ring is 1. The molecule has 0 heterocycles. The van der Waals surface area contributed by atoms with Crippen molar-refractivity contribution in [2.75, 3.05) is 25.6 Å². The van der Waals surface area contributed by atoms with Gasteiger partial charge in [0.2, 0.25) is 0 Å². The molecule has 1 aromatic carbocycles. The van der Waals surface area contributed by atoms with Crippen molar-refractivity contribution in [1.82, 2.24) is 0 Å². The second-order valence-electron chi connectivity index (χ2n) is 3.61. The zero-order valence-corrected chi connectivity index (χ0v) is 9.56. The summed E-state index contributed by atoms with van der Waals surface area (Å²) in [4.78, 5) is 0. The molecule has 0 bridgehead atoms. The highest BCUT2D eigenvalue weighted by atomic mass is 16.5. The number of rotatable bonds is 7. The standard InChI is InChI=1S/C12H19NO3/c1-2-7-15-8-11(14)9-16-12-5-3-10(13)4-6-12/h3-6,11,14H,2,7-9,13H2,1H3. The number of aliphatic hydroxyl groups is 1. The van der Waals surface area contributed by atoms with Gasteiger partial charge < -0.3 is 20.3 Å². The first-order chi connectivity index (χ1) is 7.72. The van der Waals surface area contributed by atoms with Crippen LogP contribution in [-0.2, 0) is 4.74 Å². The molecular weight excluding hydrogens is 206 g/mol. The van der Waals surface area contributed by atoms with E-state index in [1.807, 2.05) is 6.92 Å². The first-order valence-corrected chi connectivity index (χ1v) is 5.46. The Balaban J connectivity index is 2.20. The molecule has 90 valence electrons. The van der Waals surface area contributed by atoms with Crippen LogP contribution < -0.4 is 10.5 Å². The summed E-state index contributed by atoms with van der Waals surface area (Å²) in [7, 11) is 0. The summed E-state index contributed by atoms with van der Waals surface area (Å²) in [6.07, 6.45) is 0.357. The fourth-order valence-electron chi connectivity index (χ4n) is 1.17. The summed E-state index contributed by atoms with van der Waals surface area (Å²) < 4.78 is 10.6. The van der Waals surface area contributed by atoms with Crippen molar-refractivity contribution in [3.63, 3.8) is 0 Å². The largest absolute Gasteiger partial charge is 0.491 e. The molecular formula is C12H19NO3. The molecule has 0 spiro atoms. The van der Waals surface area contributed by atoms with Crippen LogP contribution in [0.5, 0.6) is 5.75 Å². The van der Waals surface area contributed by atoms with Crippen molar-refractivity contribution in [3.05, 3.63) is 24.3 Å². The summed E-state index contributed by atoms with van der Waals surface area (Å²) in [6, 6.07) is 7.06. The Labute approximate surface area is 96.0 Å². The average Bonchev–Trinajstić information content (AvgIpc) is 2.29. The van der Waals surface area contributed by atoms with Gasteiger partial charge in [-0.15, -0.1) is 0 Å². The number of hydrogen-bond donors (Lipinski definition) is 2. The molecule has 16 heavy (non-hydrogen) atoms. The summed E-state index contributed by atoms with van der Waals surface area (Å²) in [5.74, 6) is 0.698. The molecule has 1 rings (SSSR count). The summed E-state index contributed by atoms with van der Waals surface area (Å²) >= 11 is 0. The molecule has 4 nitrogen and oxygen atoms in total. The van der Waals surface area contributed by atoms with Crippen LogP contribution in [0.3, 0.4) is 0 Å². The number of aliphatic hydroxyl groups excluding tert-OH is 1. The molecule has 0 aliphatic rings. The molecule has 0 fully saturated rings. The second-order valence-corrected chi connectivity index (χ2v) is 3.61.